The highest BCUT2D eigenvalue weighted by molar-refractivity contribution is 5.93. The van der Waals surface area contributed by atoms with E-state index in [0.29, 0.717) is 32.7 Å². The predicted molar refractivity (Wildman–Crippen MR) is 146 cm³/mol. The van der Waals surface area contributed by atoms with Crippen LogP contribution in [0.1, 0.15) is 63.5 Å². The number of amides is 3. The van der Waals surface area contributed by atoms with Gasteiger partial charge in [0.25, 0.3) is 0 Å². The molecule has 1 aliphatic carbocycles. The van der Waals surface area contributed by atoms with Crippen molar-refractivity contribution in [2.75, 3.05) is 39.4 Å². The van der Waals surface area contributed by atoms with Crippen molar-refractivity contribution in [1.82, 2.24) is 20.4 Å². The number of hydrogen-bond donors (Lipinski definition) is 3. The van der Waals surface area contributed by atoms with Gasteiger partial charge in [0.2, 0.25) is 17.7 Å². The van der Waals surface area contributed by atoms with Crippen LogP contribution in [0, 0.1) is 5.92 Å². The molecule has 5 atom stereocenters. The molecule has 39 heavy (non-hydrogen) atoms. The Balaban J connectivity index is 1.39. The maximum Gasteiger partial charge on any atom is 0.246 e. The van der Waals surface area contributed by atoms with Gasteiger partial charge in [-0.25, -0.2) is 0 Å². The number of carbonyl (C=O) groups is 3. The third kappa shape index (κ3) is 6.23. The van der Waals surface area contributed by atoms with Gasteiger partial charge in [0.05, 0.1) is 25.3 Å². The molecule has 3 aliphatic heterocycles. The summed E-state index contributed by atoms with van der Waals surface area (Å²) in [4.78, 5) is 44.7. The van der Waals surface area contributed by atoms with Gasteiger partial charge in [-0.05, 0) is 38.2 Å². The fourth-order valence-corrected chi connectivity index (χ4v) is 6.87. The highest BCUT2D eigenvalue weighted by Crippen LogP contribution is 2.34. The first-order chi connectivity index (χ1) is 19.0. The Morgan fingerprint density at radius 2 is 1.90 bits per heavy atom. The first-order valence-corrected chi connectivity index (χ1v) is 14.7. The lowest BCUT2D eigenvalue weighted by Gasteiger charge is -2.45. The van der Waals surface area contributed by atoms with Gasteiger partial charge in [0.15, 0.2) is 0 Å². The van der Waals surface area contributed by atoms with Crippen LogP contribution in [0.3, 0.4) is 0 Å². The Hall–Kier alpha value is -2.69. The van der Waals surface area contributed by atoms with E-state index in [-0.39, 0.29) is 48.4 Å². The van der Waals surface area contributed by atoms with Crippen molar-refractivity contribution < 1.29 is 23.9 Å². The van der Waals surface area contributed by atoms with Gasteiger partial charge in [-0.3, -0.25) is 19.3 Å². The van der Waals surface area contributed by atoms with Gasteiger partial charge < -0.3 is 30.7 Å². The minimum Gasteiger partial charge on any atom is -0.493 e. The fourth-order valence-electron chi connectivity index (χ4n) is 6.87. The van der Waals surface area contributed by atoms with Gasteiger partial charge in [-0.2, -0.15) is 0 Å². The lowest BCUT2D eigenvalue weighted by atomic mass is 9.83. The number of hydrogen-bond acceptors (Lipinski definition) is 7. The third-order valence-corrected chi connectivity index (χ3v) is 8.83. The van der Waals surface area contributed by atoms with Crippen LogP contribution in [-0.4, -0.2) is 91.1 Å². The van der Waals surface area contributed by atoms with Crippen molar-refractivity contribution >= 4 is 17.7 Å². The lowest BCUT2D eigenvalue weighted by Crippen LogP contribution is -2.66. The van der Waals surface area contributed by atoms with Crippen LogP contribution < -0.4 is 21.1 Å². The summed E-state index contributed by atoms with van der Waals surface area (Å²) in [6.45, 7) is 4.61. The maximum atomic E-state index is 14.3. The molecule has 0 radical (unpaired) electrons. The maximum absolute atomic E-state index is 14.3. The molecule has 1 aromatic carbocycles. The second kappa shape index (κ2) is 12.7. The quantitative estimate of drug-likeness (QED) is 0.453. The Morgan fingerprint density at radius 3 is 2.67 bits per heavy atom. The van der Waals surface area contributed by atoms with Gasteiger partial charge >= 0.3 is 0 Å². The molecular formula is C29H43N5O5. The van der Waals surface area contributed by atoms with Gasteiger partial charge in [-0.1, -0.05) is 37.5 Å². The van der Waals surface area contributed by atoms with Crippen molar-refractivity contribution in [3.63, 3.8) is 0 Å². The second-order valence-electron chi connectivity index (χ2n) is 11.3. The number of piperazine rings is 1. The van der Waals surface area contributed by atoms with Gasteiger partial charge in [-0.15, -0.1) is 0 Å². The molecule has 3 fully saturated rings. The van der Waals surface area contributed by atoms with Gasteiger partial charge in [0, 0.05) is 44.3 Å². The molecule has 1 aromatic rings. The molecule has 4 aliphatic rings. The van der Waals surface area contributed by atoms with E-state index < -0.39 is 12.1 Å². The van der Waals surface area contributed by atoms with Crippen molar-refractivity contribution in [3.05, 3.63) is 29.8 Å². The number of ether oxygens (including phenoxy) is 2. The minimum absolute atomic E-state index is 0.0469. The molecule has 1 saturated carbocycles. The summed E-state index contributed by atoms with van der Waals surface area (Å²) in [5.41, 5.74) is 6.58. The third-order valence-electron chi connectivity index (χ3n) is 8.83. The van der Waals surface area contributed by atoms with E-state index in [1.54, 1.807) is 4.90 Å². The van der Waals surface area contributed by atoms with E-state index in [9.17, 15) is 14.4 Å². The van der Waals surface area contributed by atoms with E-state index in [0.717, 1.165) is 56.4 Å². The van der Waals surface area contributed by atoms with Crippen LogP contribution in [0.25, 0.3) is 0 Å². The monoisotopic (exact) mass is 541 g/mol. The average Bonchev–Trinajstić information content (AvgIpc) is 3.37. The van der Waals surface area contributed by atoms with Crippen molar-refractivity contribution in [3.8, 4) is 5.75 Å². The summed E-state index contributed by atoms with van der Waals surface area (Å²) < 4.78 is 11.7. The molecule has 10 nitrogen and oxygen atoms in total. The number of nitrogens with zero attached hydrogens (tertiary/aromatic N) is 2. The van der Waals surface area contributed by atoms with Crippen molar-refractivity contribution in [1.29, 1.82) is 0 Å². The Bertz CT molecular complexity index is 1030. The van der Waals surface area contributed by atoms with Crippen molar-refractivity contribution in [2.45, 2.75) is 82.1 Å². The fraction of sp³-hybridized carbons (Fsp3) is 0.690. The molecule has 0 spiro atoms. The largest absolute Gasteiger partial charge is 0.493 e. The highest BCUT2D eigenvalue weighted by atomic mass is 16.5. The molecule has 4 N–H and O–H groups in total. The summed E-state index contributed by atoms with van der Waals surface area (Å²) in [5, 5.41) is 6.17. The topological polar surface area (TPSA) is 126 Å². The average molecular weight is 542 g/mol. The molecule has 3 amide bonds. The number of carbonyl (C=O) groups excluding carboxylic acids is 3. The smallest absolute Gasteiger partial charge is 0.246 e. The van der Waals surface area contributed by atoms with Crippen LogP contribution in [0.15, 0.2) is 24.3 Å². The summed E-state index contributed by atoms with van der Waals surface area (Å²) in [6, 6.07) is 6.37. The summed E-state index contributed by atoms with van der Waals surface area (Å²) in [5.74, 6) is 0.151. The number of benzene rings is 1. The molecule has 214 valence electrons. The number of rotatable bonds is 8. The number of fused-ring (bicyclic) bond motifs is 2. The summed E-state index contributed by atoms with van der Waals surface area (Å²) >= 11 is 0. The van der Waals surface area contributed by atoms with Crippen molar-refractivity contribution in [2.24, 2.45) is 11.7 Å². The second-order valence-corrected chi connectivity index (χ2v) is 11.3. The molecular weight excluding hydrogens is 498 g/mol. The standard InChI is InChI=1S/C29H43N5O5/c1-2-38-21-14-20-16-34(29(37)27(32-26(35)15-30)19-8-4-3-5-9-19)24(18-33(20)17-21)28(36)31-23-12-13-39-25-11-7-6-10-22(23)25/h6-7,10-11,19-21,23-24,27H,2-5,8-9,12-18,30H2,1H3,(H,31,36)(H,32,35)/t20-,21-,23-,24+,27+/m1/s1. The van der Waals surface area contributed by atoms with Crippen LogP contribution in [0.5, 0.6) is 5.75 Å². The van der Waals surface area contributed by atoms with E-state index in [1.165, 1.54) is 0 Å². The lowest BCUT2D eigenvalue weighted by molar-refractivity contribution is -0.149. The first kappa shape index (κ1) is 27.9. The van der Waals surface area contributed by atoms with Gasteiger partial charge in [0.1, 0.15) is 17.8 Å². The van der Waals surface area contributed by atoms with Crippen LogP contribution in [0.4, 0.5) is 0 Å². The zero-order chi connectivity index (χ0) is 27.4. The highest BCUT2D eigenvalue weighted by Gasteiger charge is 2.47. The molecule has 0 bridgehead atoms. The SMILES string of the molecule is CCO[C@@H]1C[C@@H]2CN(C(=O)[C@@H](NC(=O)CN)C3CCCCC3)[C@H](C(=O)N[C@@H]3CCOc4ccccc43)CN2C1. The molecule has 10 heteroatoms. The van der Waals surface area contributed by atoms with Crippen LogP contribution in [-0.2, 0) is 19.1 Å². The summed E-state index contributed by atoms with van der Waals surface area (Å²) in [7, 11) is 0. The van der Waals surface area contributed by atoms with E-state index >= 15 is 0 Å². The molecule has 2 saturated heterocycles. The number of para-hydroxylation sites is 1. The van der Waals surface area contributed by atoms with E-state index in [1.807, 2.05) is 31.2 Å². The van der Waals surface area contributed by atoms with E-state index in [2.05, 4.69) is 15.5 Å². The predicted octanol–water partition coefficient (Wildman–Crippen LogP) is 1.34. The first-order valence-electron chi connectivity index (χ1n) is 14.7. The minimum atomic E-state index is -0.670. The normalized spacial score (nSPS) is 28.1. The zero-order valence-electron chi connectivity index (χ0n) is 23.0. The zero-order valence-corrected chi connectivity index (χ0v) is 23.0. The molecule has 0 unspecified atom stereocenters. The summed E-state index contributed by atoms with van der Waals surface area (Å²) in [6.07, 6.45) is 6.55. The number of nitrogens with one attached hydrogen (secondary N) is 2. The van der Waals surface area contributed by atoms with E-state index in [4.69, 9.17) is 15.2 Å². The Kier molecular flexibility index (Phi) is 9.04. The Morgan fingerprint density at radius 1 is 1.10 bits per heavy atom. The molecule has 5 rings (SSSR count). The molecule has 0 aromatic heterocycles. The van der Waals surface area contributed by atoms with Crippen LogP contribution in [0.2, 0.25) is 0 Å². The Labute approximate surface area is 230 Å². The van der Waals surface area contributed by atoms with Crippen LogP contribution >= 0.6 is 0 Å². The number of nitrogens with two attached hydrogens (primary N) is 1. The molecule has 3 heterocycles.